The van der Waals surface area contributed by atoms with E-state index in [1.54, 1.807) is 0 Å². The minimum Gasteiger partial charge on any atom is -0.269 e. The van der Waals surface area contributed by atoms with E-state index in [0.29, 0.717) is 5.69 Å². The molecular weight excluding hydrogens is 353 g/mol. The molecule has 0 saturated heterocycles. The Bertz CT molecular complexity index is 878. The molecule has 0 N–H and O–H groups in total. The Morgan fingerprint density at radius 1 is 0.727 bits per heavy atom. The van der Waals surface area contributed by atoms with E-state index in [0.717, 1.165) is 21.8 Å². The number of hydrogen-bond donors (Lipinski definition) is 0. The van der Waals surface area contributed by atoms with Crippen molar-refractivity contribution in [3.8, 4) is 0 Å². The van der Waals surface area contributed by atoms with E-state index in [4.69, 9.17) is 0 Å². The zero-order valence-corrected chi connectivity index (χ0v) is 14.4. The van der Waals surface area contributed by atoms with Crippen LogP contribution >= 0.6 is 0 Å². The number of imide groups is 1. The van der Waals surface area contributed by atoms with Gasteiger partial charge in [-0.15, -0.1) is 0 Å². The number of aromatic nitrogens is 1. The average molecular weight is 363 g/mol. The summed E-state index contributed by atoms with van der Waals surface area (Å²) in [6, 6.07) is 15.0. The van der Waals surface area contributed by atoms with Crippen molar-refractivity contribution < 1.29 is 42.3 Å². The number of carbonyl (C=O) groups excluding carboxylic acids is 2. The summed E-state index contributed by atoms with van der Waals surface area (Å²) in [6.45, 7) is 0. The van der Waals surface area contributed by atoms with E-state index >= 15 is 0 Å². The van der Waals surface area contributed by atoms with Crippen LogP contribution in [0.1, 0.15) is 0 Å². The molecule has 1 aliphatic rings. The van der Waals surface area contributed by atoms with Crippen LogP contribution in [0, 0.1) is 0 Å². The second-order valence-corrected chi connectivity index (χ2v) is 4.84. The van der Waals surface area contributed by atoms with Crippen LogP contribution in [0.3, 0.4) is 0 Å². The van der Waals surface area contributed by atoms with Crippen LogP contribution in [0.25, 0.3) is 21.8 Å². The Labute approximate surface area is 151 Å². The molecule has 4 rings (SSSR count). The van der Waals surface area contributed by atoms with Gasteiger partial charge in [0.2, 0.25) is 0 Å². The zero-order valence-electron chi connectivity index (χ0n) is 11.6. The van der Waals surface area contributed by atoms with Gasteiger partial charge in [0.25, 0.3) is 11.8 Å². The first-order valence-corrected chi connectivity index (χ1v) is 6.59. The van der Waals surface area contributed by atoms with Crippen LogP contribution in [0.15, 0.2) is 60.7 Å². The molecule has 1 aromatic heterocycles. The van der Waals surface area contributed by atoms with Gasteiger partial charge in [-0.3, -0.25) is 9.59 Å². The van der Waals surface area contributed by atoms with Gasteiger partial charge in [0.15, 0.2) is 0 Å². The van der Waals surface area contributed by atoms with Crippen molar-refractivity contribution in [2.45, 2.75) is 0 Å². The Morgan fingerprint density at radius 3 is 1.68 bits per heavy atom. The molecule has 0 unspecified atom stereocenters. The summed E-state index contributed by atoms with van der Waals surface area (Å²) in [5, 5.41) is 1.59. The summed E-state index contributed by atoms with van der Waals surface area (Å²) in [5.41, 5.74) is 2.13. The van der Waals surface area contributed by atoms with Gasteiger partial charge in [-0.05, 0) is 12.1 Å². The first-order valence-electron chi connectivity index (χ1n) is 6.59. The van der Waals surface area contributed by atoms with Crippen LogP contribution in [0.5, 0.6) is 0 Å². The molecule has 2 amide bonds. The molecule has 0 spiro atoms. The van der Waals surface area contributed by atoms with Crippen molar-refractivity contribution in [3.05, 3.63) is 60.7 Å². The fourth-order valence-electron chi connectivity index (χ4n) is 2.68. The monoisotopic (exact) mass is 363 g/mol. The number of amides is 2. The first-order chi connectivity index (χ1) is 10.3. The largest absolute Gasteiger partial charge is 0.269 e. The second-order valence-electron chi connectivity index (χ2n) is 4.84. The van der Waals surface area contributed by atoms with Crippen LogP contribution in [-0.2, 0) is 42.3 Å². The smallest absolute Gasteiger partial charge is 0.258 e. The number of para-hydroxylation sites is 2. The fraction of sp³-hybridized carbons (Fsp3) is 0. The maximum atomic E-state index is 12.1. The van der Waals surface area contributed by atoms with Crippen molar-refractivity contribution >= 4 is 39.3 Å². The minimum absolute atomic E-state index is 0. The van der Waals surface area contributed by atoms with Gasteiger partial charge in [-0.25, -0.2) is 9.88 Å². The Hall–Kier alpha value is -1.91. The SMILES string of the molecule is O=C1C=CC(=O)N1c1c2ccccc2nc2ccccc12.[Y]. The zero-order chi connectivity index (χ0) is 14.4. The van der Waals surface area contributed by atoms with Gasteiger partial charge in [-0.2, -0.15) is 0 Å². The molecule has 2 aromatic carbocycles. The van der Waals surface area contributed by atoms with Crippen LogP contribution in [0.2, 0.25) is 0 Å². The molecular formula is C17H10N2O2Y. The Kier molecular flexibility index (Phi) is 3.89. The summed E-state index contributed by atoms with van der Waals surface area (Å²) in [6.07, 6.45) is 2.60. The number of hydrogen-bond acceptors (Lipinski definition) is 3. The number of nitrogens with zero attached hydrogens (tertiary/aromatic N) is 2. The van der Waals surface area contributed by atoms with Crippen molar-refractivity contribution in [2.24, 2.45) is 0 Å². The maximum absolute atomic E-state index is 12.1. The third kappa shape index (κ3) is 2.19. The van der Waals surface area contributed by atoms with E-state index in [2.05, 4.69) is 4.98 Å². The Balaban J connectivity index is 0.00000144. The van der Waals surface area contributed by atoms with E-state index in [1.807, 2.05) is 48.5 Å². The molecule has 1 radical (unpaired) electrons. The first kappa shape index (κ1) is 15.0. The van der Waals surface area contributed by atoms with Gasteiger partial charge in [-0.1, -0.05) is 36.4 Å². The molecule has 103 valence electrons. The molecule has 0 fully saturated rings. The van der Waals surface area contributed by atoms with Gasteiger partial charge in [0, 0.05) is 55.6 Å². The van der Waals surface area contributed by atoms with Gasteiger partial charge < -0.3 is 0 Å². The molecule has 22 heavy (non-hydrogen) atoms. The summed E-state index contributed by atoms with van der Waals surface area (Å²) >= 11 is 0. The maximum Gasteiger partial charge on any atom is 0.258 e. The number of benzene rings is 2. The molecule has 4 nitrogen and oxygen atoms in total. The topological polar surface area (TPSA) is 50.3 Å². The molecule has 5 heteroatoms. The van der Waals surface area contributed by atoms with E-state index in [-0.39, 0.29) is 44.5 Å². The molecule has 0 atom stereocenters. The summed E-state index contributed by atoms with van der Waals surface area (Å²) in [4.78, 5) is 29.9. The van der Waals surface area contributed by atoms with Gasteiger partial charge >= 0.3 is 0 Å². The van der Waals surface area contributed by atoms with Crippen LogP contribution in [0.4, 0.5) is 5.69 Å². The third-order valence-electron chi connectivity index (χ3n) is 3.59. The van der Waals surface area contributed by atoms with E-state index in [1.165, 1.54) is 17.1 Å². The van der Waals surface area contributed by atoms with Crippen molar-refractivity contribution in [2.75, 3.05) is 4.90 Å². The van der Waals surface area contributed by atoms with Crippen molar-refractivity contribution in [1.29, 1.82) is 0 Å². The summed E-state index contributed by atoms with van der Waals surface area (Å²) < 4.78 is 0. The van der Waals surface area contributed by atoms with Crippen molar-refractivity contribution in [1.82, 2.24) is 4.98 Å². The minimum atomic E-state index is -0.318. The molecule has 1 aliphatic heterocycles. The molecule has 0 aliphatic carbocycles. The summed E-state index contributed by atoms with van der Waals surface area (Å²) in [7, 11) is 0. The predicted octanol–water partition coefficient (Wildman–Crippen LogP) is 2.81. The Morgan fingerprint density at radius 2 is 1.18 bits per heavy atom. The standard InChI is InChI=1S/C17H10N2O2.Y/c20-15-9-10-16(21)19(15)17-11-5-1-3-7-13(11)18-14-8-4-2-6-12(14)17;/h1-10H;. The molecule has 2 heterocycles. The normalized spacial score (nSPS) is 13.9. The predicted molar refractivity (Wildman–Crippen MR) is 80.9 cm³/mol. The molecule has 0 bridgehead atoms. The van der Waals surface area contributed by atoms with Gasteiger partial charge in [0.05, 0.1) is 16.7 Å². The molecule has 3 aromatic rings. The second kappa shape index (κ2) is 5.71. The third-order valence-corrected chi connectivity index (χ3v) is 3.59. The van der Waals surface area contributed by atoms with E-state index < -0.39 is 0 Å². The summed E-state index contributed by atoms with van der Waals surface area (Å²) in [5.74, 6) is -0.636. The van der Waals surface area contributed by atoms with Gasteiger partial charge in [0.1, 0.15) is 0 Å². The van der Waals surface area contributed by atoms with Crippen LogP contribution in [-0.4, -0.2) is 16.8 Å². The number of rotatable bonds is 1. The molecule has 0 saturated carbocycles. The van der Waals surface area contributed by atoms with E-state index in [9.17, 15) is 9.59 Å². The average Bonchev–Trinajstić information content (AvgIpc) is 2.84. The van der Waals surface area contributed by atoms with Crippen molar-refractivity contribution in [3.63, 3.8) is 0 Å². The van der Waals surface area contributed by atoms with Crippen LogP contribution < -0.4 is 4.90 Å². The number of pyridine rings is 1. The number of carbonyl (C=O) groups is 2. The quantitative estimate of drug-likeness (QED) is 0.494. The fourth-order valence-corrected chi connectivity index (χ4v) is 2.68. The number of anilines is 1. The number of fused-ring (bicyclic) bond motifs is 2.